The van der Waals surface area contributed by atoms with Crippen LogP contribution in [0.15, 0.2) is 42.4 Å². The van der Waals surface area contributed by atoms with Crippen LogP contribution in [0.25, 0.3) is 10.2 Å². The number of rotatable bonds is 9. The highest BCUT2D eigenvalue weighted by Crippen LogP contribution is 2.38. The van der Waals surface area contributed by atoms with Crippen LogP contribution in [-0.2, 0) is 15.9 Å². The Hall–Kier alpha value is -3.50. The number of aliphatic hydroxyl groups excluding tert-OH is 1. The zero-order valence-electron chi connectivity index (χ0n) is 21.9. The Bertz CT molecular complexity index is 1350. The van der Waals surface area contributed by atoms with Crippen LogP contribution in [0.2, 0.25) is 0 Å². The molecule has 1 fully saturated rings. The molecule has 1 aromatic carbocycles. The van der Waals surface area contributed by atoms with Crippen LogP contribution >= 0.6 is 11.3 Å². The lowest BCUT2D eigenvalue weighted by molar-refractivity contribution is 0.0511. The minimum atomic E-state index is -0.778. The maximum Gasteiger partial charge on any atom is 0.260 e. The monoisotopic (exact) mass is 537 g/mol. The Morgan fingerprint density at radius 2 is 2.08 bits per heavy atom. The van der Waals surface area contributed by atoms with E-state index in [1.54, 1.807) is 0 Å². The lowest BCUT2D eigenvalue weighted by Gasteiger charge is -2.41. The number of para-hydroxylation sites is 1. The van der Waals surface area contributed by atoms with Crippen LogP contribution in [-0.4, -0.2) is 54.6 Å². The number of nitrogens with two attached hydrogens (primary N) is 2. The van der Waals surface area contributed by atoms with Gasteiger partial charge in [-0.25, -0.2) is 4.98 Å². The summed E-state index contributed by atoms with van der Waals surface area (Å²) in [5.74, 6) is 0.854. The Balaban J connectivity index is 1.38. The quantitative estimate of drug-likeness (QED) is 0.375. The molecule has 1 atom stereocenters. The minimum absolute atomic E-state index is 0.142. The Labute approximate surface area is 226 Å². The van der Waals surface area contributed by atoms with Crippen molar-refractivity contribution in [2.75, 3.05) is 42.0 Å². The highest BCUT2D eigenvalue weighted by molar-refractivity contribution is 7.21. The first-order chi connectivity index (χ1) is 18.4. The molecule has 202 valence electrons. The van der Waals surface area contributed by atoms with Gasteiger partial charge < -0.3 is 35.8 Å². The molecule has 9 nitrogen and oxygen atoms in total. The number of fused-ring (bicyclic) bond motifs is 1. The van der Waals surface area contributed by atoms with Crippen molar-refractivity contribution in [2.24, 2.45) is 5.73 Å². The molecule has 0 spiro atoms. The molecule has 5 N–H and O–H groups in total. The summed E-state index contributed by atoms with van der Waals surface area (Å²) >= 11 is 1.27. The van der Waals surface area contributed by atoms with Crippen molar-refractivity contribution in [3.63, 3.8) is 0 Å². The normalized spacial score (nSPS) is 16.7. The van der Waals surface area contributed by atoms with Crippen LogP contribution in [0.1, 0.15) is 47.0 Å². The highest BCUT2D eigenvalue weighted by Gasteiger charge is 2.30. The van der Waals surface area contributed by atoms with Gasteiger partial charge >= 0.3 is 0 Å². The molecular weight excluding hydrogens is 502 g/mol. The second-order valence-corrected chi connectivity index (χ2v) is 10.9. The molecular formula is C28H35N5O4S. The largest absolute Gasteiger partial charge is 0.462 e. The molecule has 5 rings (SSSR count). The molecule has 2 aliphatic heterocycles. The number of hydrogen-bond donors (Lipinski definition) is 3. The summed E-state index contributed by atoms with van der Waals surface area (Å²) in [4.78, 5) is 22.6. The van der Waals surface area contributed by atoms with Crippen molar-refractivity contribution in [1.82, 2.24) is 4.98 Å². The van der Waals surface area contributed by atoms with Gasteiger partial charge in [-0.15, -0.1) is 11.3 Å². The van der Waals surface area contributed by atoms with Crippen molar-refractivity contribution >= 4 is 44.7 Å². The van der Waals surface area contributed by atoms with Gasteiger partial charge in [0.25, 0.3) is 5.91 Å². The van der Waals surface area contributed by atoms with E-state index in [1.807, 2.05) is 12.1 Å². The van der Waals surface area contributed by atoms with Gasteiger partial charge in [-0.2, -0.15) is 0 Å². The molecule has 0 aliphatic carbocycles. The molecule has 38 heavy (non-hydrogen) atoms. The number of piperidine rings is 1. The molecule has 0 radical (unpaired) electrons. The molecule has 1 unspecified atom stereocenters. The Morgan fingerprint density at radius 1 is 1.32 bits per heavy atom. The van der Waals surface area contributed by atoms with Gasteiger partial charge in [-0.1, -0.05) is 31.5 Å². The molecule has 10 heteroatoms. The molecule has 0 saturated carbocycles. The van der Waals surface area contributed by atoms with Crippen molar-refractivity contribution < 1.29 is 19.4 Å². The molecule has 2 aromatic heterocycles. The first-order valence-corrected chi connectivity index (χ1v) is 13.9. The maximum atomic E-state index is 11.9. The van der Waals surface area contributed by atoms with Gasteiger partial charge in [0.2, 0.25) is 6.79 Å². The molecule has 3 aromatic rings. The predicted molar refractivity (Wildman–Crippen MR) is 151 cm³/mol. The number of nitrogen functional groups attached to an aromatic ring is 1. The number of aliphatic hydroxyl groups is 1. The SMILES string of the molecule is CCCc1cc(N2CCC(N(CC(O)C3=COCO3)c3ccccc3C)CC2)nc2sc(C(N)=O)c(N)c12. The van der Waals surface area contributed by atoms with E-state index in [-0.39, 0.29) is 12.8 Å². The second-order valence-electron chi connectivity index (χ2n) is 9.90. The summed E-state index contributed by atoms with van der Waals surface area (Å²) in [6, 6.07) is 10.6. The third-order valence-electron chi connectivity index (χ3n) is 7.36. The van der Waals surface area contributed by atoms with E-state index in [1.165, 1.54) is 17.6 Å². The number of thiophene rings is 1. The summed E-state index contributed by atoms with van der Waals surface area (Å²) in [5, 5.41) is 11.8. The molecule has 1 amide bonds. The molecule has 4 heterocycles. The van der Waals surface area contributed by atoms with Gasteiger partial charge in [0.15, 0.2) is 5.76 Å². The fourth-order valence-corrected chi connectivity index (χ4v) is 6.42. The maximum absolute atomic E-state index is 11.9. The fourth-order valence-electron chi connectivity index (χ4n) is 5.44. The number of nitrogens with zero attached hydrogens (tertiary/aromatic N) is 3. The number of carbonyl (C=O) groups is 1. The summed E-state index contributed by atoms with van der Waals surface area (Å²) < 4.78 is 10.6. The molecule has 2 aliphatic rings. The van der Waals surface area contributed by atoms with Gasteiger partial charge in [0.05, 0.1) is 12.2 Å². The minimum Gasteiger partial charge on any atom is -0.462 e. The van der Waals surface area contributed by atoms with Crippen molar-refractivity contribution in [1.29, 1.82) is 0 Å². The standard InChI is InChI=1S/C28H35N5O4S/c1-3-6-18-13-23(31-28-24(18)25(29)26(38-28)27(30)35)32-11-9-19(10-12-32)33(20-8-5-4-7-17(20)2)14-21(34)22-15-36-16-37-22/h4-5,7-8,13,15,19,21,34H,3,6,9-12,14,16,29H2,1-2H3,(H2,30,35). The Morgan fingerprint density at radius 3 is 2.74 bits per heavy atom. The predicted octanol–water partition coefficient (Wildman–Crippen LogP) is 3.92. The van der Waals surface area contributed by atoms with E-state index >= 15 is 0 Å². The number of aryl methyl sites for hydroxylation is 2. The van der Waals surface area contributed by atoms with Gasteiger partial charge in [0.1, 0.15) is 27.9 Å². The number of pyridine rings is 1. The van der Waals surface area contributed by atoms with Crippen molar-refractivity contribution in [2.45, 2.75) is 51.7 Å². The second kappa shape index (κ2) is 11.1. The number of aromatic nitrogens is 1. The average molecular weight is 538 g/mol. The third kappa shape index (κ3) is 5.10. The average Bonchev–Trinajstić information content (AvgIpc) is 3.57. The summed E-state index contributed by atoms with van der Waals surface area (Å²) in [6.07, 6.45) is 4.33. The van der Waals surface area contributed by atoms with Crippen molar-refractivity contribution in [3.8, 4) is 0 Å². The highest BCUT2D eigenvalue weighted by atomic mass is 32.1. The smallest absolute Gasteiger partial charge is 0.260 e. The number of carbonyl (C=O) groups excluding carboxylic acids is 1. The van der Waals surface area contributed by atoms with Crippen LogP contribution in [0, 0.1) is 6.92 Å². The zero-order chi connectivity index (χ0) is 26.8. The topological polar surface area (TPSA) is 127 Å². The number of primary amides is 1. The van der Waals surface area contributed by atoms with E-state index in [0.717, 1.165) is 71.6 Å². The first-order valence-electron chi connectivity index (χ1n) is 13.1. The first kappa shape index (κ1) is 26.1. The van der Waals surface area contributed by atoms with Crippen molar-refractivity contribution in [3.05, 3.63) is 58.4 Å². The molecule has 0 bridgehead atoms. The third-order valence-corrected chi connectivity index (χ3v) is 8.47. The van der Waals surface area contributed by atoms with Gasteiger partial charge in [-0.05, 0) is 49.4 Å². The summed E-state index contributed by atoms with van der Waals surface area (Å²) in [7, 11) is 0. The van der Waals surface area contributed by atoms with E-state index in [2.05, 4.69) is 41.8 Å². The number of benzene rings is 1. The van der Waals surface area contributed by atoms with Crippen LogP contribution in [0.3, 0.4) is 0 Å². The summed E-state index contributed by atoms with van der Waals surface area (Å²) in [6.45, 7) is 6.42. The molecule has 1 saturated heterocycles. The number of hydrogen-bond acceptors (Lipinski definition) is 9. The Kier molecular flexibility index (Phi) is 7.62. The number of amides is 1. The van der Waals surface area contributed by atoms with Gasteiger partial charge in [-0.3, -0.25) is 4.79 Å². The van der Waals surface area contributed by atoms with E-state index in [9.17, 15) is 9.90 Å². The zero-order valence-corrected chi connectivity index (χ0v) is 22.7. The number of anilines is 3. The lowest BCUT2D eigenvalue weighted by Crippen LogP contribution is -2.48. The fraction of sp³-hybridized carbons (Fsp3) is 0.429. The lowest BCUT2D eigenvalue weighted by atomic mass is 9.99. The van der Waals surface area contributed by atoms with Crippen LogP contribution in [0.4, 0.5) is 17.2 Å². The summed E-state index contributed by atoms with van der Waals surface area (Å²) in [5.41, 5.74) is 15.7. The van der Waals surface area contributed by atoms with E-state index in [0.29, 0.717) is 22.9 Å². The number of ether oxygens (including phenoxy) is 2. The van der Waals surface area contributed by atoms with Gasteiger partial charge in [0, 0.05) is 30.2 Å². The van der Waals surface area contributed by atoms with Crippen LogP contribution in [0.5, 0.6) is 0 Å². The van der Waals surface area contributed by atoms with E-state index < -0.39 is 12.0 Å². The van der Waals surface area contributed by atoms with E-state index in [4.69, 9.17) is 25.9 Å². The van der Waals surface area contributed by atoms with Crippen LogP contribution < -0.4 is 21.3 Å².